The van der Waals surface area contributed by atoms with Gasteiger partial charge in [-0.2, -0.15) is 0 Å². The monoisotopic (exact) mass is 387 g/mol. The Labute approximate surface area is 168 Å². The molecule has 1 saturated heterocycles. The lowest BCUT2D eigenvalue weighted by molar-refractivity contribution is -0.122. The SMILES string of the molecule is O=C(c1cccc(-c2ncc[nH]2)c1)N1CCC2(CC1)Nc1ccccc1NC2=O. The number of nitrogens with zero attached hydrogens (tertiary/aromatic N) is 2. The number of para-hydroxylation sites is 2. The van der Waals surface area contributed by atoms with Crippen molar-refractivity contribution in [2.45, 2.75) is 18.4 Å². The van der Waals surface area contributed by atoms with Crippen LogP contribution < -0.4 is 10.6 Å². The fraction of sp³-hybridized carbons (Fsp3) is 0.227. The molecule has 2 aromatic carbocycles. The van der Waals surface area contributed by atoms with Gasteiger partial charge in [0.25, 0.3) is 5.91 Å². The first kappa shape index (κ1) is 17.5. The number of nitrogens with one attached hydrogen (secondary N) is 3. The number of anilines is 2. The van der Waals surface area contributed by atoms with Crippen LogP contribution in [-0.2, 0) is 4.79 Å². The van der Waals surface area contributed by atoms with Crippen molar-refractivity contribution in [1.82, 2.24) is 14.9 Å². The molecule has 1 fully saturated rings. The molecule has 0 saturated carbocycles. The van der Waals surface area contributed by atoms with Crippen molar-refractivity contribution in [3.63, 3.8) is 0 Å². The van der Waals surface area contributed by atoms with Crippen LogP contribution in [0.2, 0.25) is 0 Å². The van der Waals surface area contributed by atoms with E-state index >= 15 is 0 Å². The van der Waals surface area contributed by atoms with Gasteiger partial charge in [0.05, 0.1) is 11.4 Å². The van der Waals surface area contributed by atoms with Crippen molar-refractivity contribution >= 4 is 23.2 Å². The molecule has 3 heterocycles. The highest BCUT2D eigenvalue weighted by Gasteiger charge is 2.45. The number of carbonyl (C=O) groups is 2. The van der Waals surface area contributed by atoms with Crippen molar-refractivity contribution in [2.75, 3.05) is 23.7 Å². The zero-order chi connectivity index (χ0) is 19.8. The number of likely N-dealkylation sites (tertiary alicyclic amines) is 1. The van der Waals surface area contributed by atoms with Crippen molar-refractivity contribution in [3.05, 3.63) is 66.5 Å². The lowest BCUT2D eigenvalue weighted by atomic mass is 9.84. The van der Waals surface area contributed by atoms with Gasteiger partial charge < -0.3 is 20.5 Å². The number of aromatic amines is 1. The molecule has 2 aliphatic rings. The van der Waals surface area contributed by atoms with Gasteiger partial charge in [-0.15, -0.1) is 0 Å². The van der Waals surface area contributed by atoms with Crippen LogP contribution in [0.15, 0.2) is 60.9 Å². The number of fused-ring (bicyclic) bond motifs is 1. The summed E-state index contributed by atoms with van der Waals surface area (Å²) in [7, 11) is 0. The summed E-state index contributed by atoms with van der Waals surface area (Å²) in [5.41, 5.74) is 2.57. The molecule has 2 amide bonds. The smallest absolute Gasteiger partial charge is 0.253 e. The van der Waals surface area contributed by atoms with Gasteiger partial charge in [-0.25, -0.2) is 4.98 Å². The van der Waals surface area contributed by atoms with Gasteiger partial charge >= 0.3 is 0 Å². The number of amides is 2. The predicted molar refractivity (Wildman–Crippen MR) is 111 cm³/mol. The lowest BCUT2D eigenvalue weighted by Crippen LogP contribution is -2.59. The Kier molecular flexibility index (Phi) is 4.08. The van der Waals surface area contributed by atoms with Crippen molar-refractivity contribution < 1.29 is 9.59 Å². The quantitative estimate of drug-likeness (QED) is 0.630. The Morgan fingerprint density at radius 3 is 2.59 bits per heavy atom. The summed E-state index contributed by atoms with van der Waals surface area (Å²) in [6.45, 7) is 1.04. The van der Waals surface area contributed by atoms with Gasteiger partial charge in [-0.05, 0) is 37.1 Å². The molecule has 0 bridgehead atoms. The molecule has 146 valence electrons. The molecule has 29 heavy (non-hydrogen) atoms. The van der Waals surface area contributed by atoms with Gasteiger partial charge in [0.15, 0.2) is 0 Å². The maximum Gasteiger partial charge on any atom is 0.253 e. The Morgan fingerprint density at radius 1 is 1.03 bits per heavy atom. The second-order valence-electron chi connectivity index (χ2n) is 7.52. The van der Waals surface area contributed by atoms with E-state index in [9.17, 15) is 9.59 Å². The van der Waals surface area contributed by atoms with Gasteiger partial charge in [0.2, 0.25) is 5.91 Å². The third-order valence-electron chi connectivity index (χ3n) is 5.77. The first-order chi connectivity index (χ1) is 14.1. The molecule has 0 atom stereocenters. The van der Waals surface area contributed by atoms with E-state index in [0.717, 1.165) is 22.8 Å². The van der Waals surface area contributed by atoms with E-state index in [0.29, 0.717) is 31.5 Å². The maximum atomic E-state index is 13.0. The van der Waals surface area contributed by atoms with E-state index in [1.165, 1.54) is 0 Å². The fourth-order valence-electron chi connectivity index (χ4n) is 4.11. The van der Waals surface area contributed by atoms with E-state index in [1.807, 2.05) is 53.4 Å². The molecule has 1 spiro atoms. The number of imidazole rings is 1. The number of benzene rings is 2. The lowest BCUT2D eigenvalue weighted by Gasteiger charge is -2.44. The van der Waals surface area contributed by atoms with Crippen molar-refractivity contribution in [2.24, 2.45) is 0 Å². The molecule has 7 nitrogen and oxygen atoms in total. The minimum Gasteiger partial charge on any atom is -0.369 e. The number of carbonyl (C=O) groups excluding carboxylic acids is 2. The summed E-state index contributed by atoms with van der Waals surface area (Å²) in [6.07, 6.45) is 4.58. The van der Waals surface area contributed by atoms with Crippen LogP contribution in [0, 0.1) is 0 Å². The highest BCUT2D eigenvalue weighted by atomic mass is 16.2. The highest BCUT2D eigenvalue weighted by Crippen LogP contribution is 2.36. The summed E-state index contributed by atoms with van der Waals surface area (Å²) in [6, 6.07) is 15.2. The number of piperidine rings is 1. The molecule has 0 aliphatic carbocycles. The molecule has 0 unspecified atom stereocenters. The molecule has 3 N–H and O–H groups in total. The topological polar surface area (TPSA) is 90.1 Å². The molecule has 2 aliphatic heterocycles. The van der Waals surface area contributed by atoms with Crippen molar-refractivity contribution in [1.29, 1.82) is 0 Å². The molecular weight excluding hydrogens is 366 g/mol. The number of hydrogen-bond acceptors (Lipinski definition) is 4. The standard InChI is InChI=1S/C22H21N5O2/c28-20(16-5-3-4-15(14-16)19-23-10-11-24-19)27-12-8-22(9-13-27)21(29)25-17-6-1-2-7-18(17)26-22/h1-7,10-11,14,26H,8-9,12-13H2,(H,23,24)(H,25,29). The van der Waals surface area contributed by atoms with Crippen LogP contribution in [0.4, 0.5) is 11.4 Å². The number of H-pyrrole nitrogens is 1. The average molecular weight is 387 g/mol. The third-order valence-corrected chi connectivity index (χ3v) is 5.77. The minimum absolute atomic E-state index is 0.0233. The Bertz CT molecular complexity index is 1070. The molecule has 0 radical (unpaired) electrons. The predicted octanol–water partition coefficient (Wildman–Crippen LogP) is 3.12. The number of hydrogen-bond donors (Lipinski definition) is 3. The van der Waals surface area contributed by atoms with Gasteiger partial charge in [-0.3, -0.25) is 9.59 Å². The largest absolute Gasteiger partial charge is 0.369 e. The van der Waals surface area contributed by atoms with Crippen LogP contribution in [0.1, 0.15) is 23.2 Å². The van der Waals surface area contributed by atoms with Gasteiger partial charge in [-0.1, -0.05) is 24.3 Å². The van der Waals surface area contributed by atoms with E-state index in [4.69, 9.17) is 0 Å². The first-order valence-corrected chi connectivity index (χ1v) is 9.72. The van der Waals surface area contributed by atoms with Crippen LogP contribution in [0.3, 0.4) is 0 Å². The number of aromatic nitrogens is 2. The molecule has 3 aromatic rings. The molecule has 1 aromatic heterocycles. The highest BCUT2D eigenvalue weighted by molar-refractivity contribution is 6.06. The normalized spacial score (nSPS) is 17.4. The summed E-state index contributed by atoms with van der Waals surface area (Å²) >= 11 is 0. The fourth-order valence-corrected chi connectivity index (χ4v) is 4.11. The first-order valence-electron chi connectivity index (χ1n) is 9.72. The second-order valence-corrected chi connectivity index (χ2v) is 7.52. The van der Waals surface area contributed by atoms with E-state index in [2.05, 4.69) is 20.6 Å². The van der Waals surface area contributed by atoms with E-state index in [-0.39, 0.29) is 11.8 Å². The van der Waals surface area contributed by atoms with Gasteiger partial charge in [0, 0.05) is 36.6 Å². The van der Waals surface area contributed by atoms with Crippen LogP contribution in [0.5, 0.6) is 0 Å². The van der Waals surface area contributed by atoms with Gasteiger partial charge in [0.1, 0.15) is 11.4 Å². The van der Waals surface area contributed by atoms with Crippen molar-refractivity contribution in [3.8, 4) is 11.4 Å². The summed E-state index contributed by atoms with van der Waals surface area (Å²) in [5, 5.41) is 6.43. The zero-order valence-corrected chi connectivity index (χ0v) is 15.8. The summed E-state index contributed by atoms with van der Waals surface area (Å²) in [5.74, 6) is 0.687. The Hall–Kier alpha value is -3.61. The Balaban J connectivity index is 1.32. The Morgan fingerprint density at radius 2 is 1.83 bits per heavy atom. The zero-order valence-electron chi connectivity index (χ0n) is 15.8. The average Bonchev–Trinajstić information content (AvgIpc) is 3.30. The third kappa shape index (κ3) is 3.04. The van der Waals surface area contributed by atoms with E-state index in [1.54, 1.807) is 12.4 Å². The van der Waals surface area contributed by atoms with Crippen LogP contribution >= 0.6 is 0 Å². The minimum atomic E-state index is -0.666. The summed E-state index contributed by atoms with van der Waals surface area (Å²) in [4.78, 5) is 34.9. The van der Waals surface area contributed by atoms with E-state index < -0.39 is 5.54 Å². The second kappa shape index (κ2) is 6.77. The van der Waals surface area contributed by atoms with Crippen LogP contribution in [-0.4, -0.2) is 45.3 Å². The molecular formula is C22H21N5O2. The molecule has 7 heteroatoms. The molecule has 5 rings (SSSR count). The maximum absolute atomic E-state index is 13.0. The summed E-state index contributed by atoms with van der Waals surface area (Å²) < 4.78 is 0. The van der Waals surface area contributed by atoms with Crippen LogP contribution in [0.25, 0.3) is 11.4 Å². The number of rotatable bonds is 2.